The maximum atomic E-state index is 6.77. The predicted octanol–water partition coefficient (Wildman–Crippen LogP) is 14.5. The molecule has 0 aliphatic rings. The third kappa shape index (κ3) is 5.45. The second-order valence-electron chi connectivity index (χ2n) is 12.8. The molecule has 0 fully saturated rings. The summed E-state index contributed by atoms with van der Waals surface area (Å²) in [6, 6.07) is 58.5. The molecule has 0 bridgehead atoms. The number of furan rings is 1. The Bertz CT molecular complexity index is 2730. The fraction of sp³-hybridized carbons (Fsp3) is 0.0204. The van der Waals surface area contributed by atoms with E-state index in [1.54, 1.807) is 11.8 Å². The van der Waals surface area contributed by atoms with Gasteiger partial charge in [-0.25, -0.2) is 0 Å². The Balaban J connectivity index is 1.30. The molecular weight excluding hydrogens is 637 g/mol. The molecule has 0 saturated heterocycles. The third-order valence-corrected chi connectivity index (χ3v) is 10.8. The van der Waals surface area contributed by atoms with Crippen LogP contribution >= 0.6 is 11.8 Å². The van der Waals surface area contributed by atoms with E-state index in [1.807, 2.05) is 6.07 Å². The summed E-state index contributed by atoms with van der Waals surface area (Å²) >= 11 is 1.78. The maximum Gasteiger partial charge on any atom is 0.143 e. The third-order valence-electron chi connectivity index (χ3n) is 9.78. The summed E-state index contributed by atoms with van der Waals surface area (Å²) < 4.78 is 6.77. The largest absolute Gasteiger partial charge is 0.455 e. The van der Waals surface area contributed by atoms with Crippen LogP contribution in [-0.2, 0) is 0 Å². The molecule has 242 valence electrons. The van der Waals surface area contributed by atoms with Gasteiger partial charge in [-0.3, -0.25) is 0 Å². The van der Waals surface area contributed by atoms with E-state index in [4.69, 9.17) is 11.0 Å². The second kappa shape index (κ2) is 13.0. The van der Waals surface area contributed by atoms with Crippen LogP contribution in [0.15, 0.2) is 191 Å². The molecule has 9 rings (SSSR count). The topological polar surface area (TPSA) is 13.1 Å². The van der Waals surface area contributed by atoms with Crippen LogP contribution in [0.2, 0.25) is 0 Å². The molecule has 0 unspecified atom stereocenters. The smallest absolute Gasteiger partial charge is 0.143 e. The van der Waals surface area contributed by atoms with Gasteiger partial charge in [0.25, 0.3) is 0 Å². The van der Waals surface area contributed by atoms with Gasteiger partial charge >= 0.3 is 0 Å². The SMILES string of the molecule is C=C(c1ccccc1/C=C\C)c1c2ccccc2c(-c2cc(-c3ccc(Sc4ccccc4)cc3)cc3c2oc2ccccc23)c2ccccc12. The van der Waals surface area contributed by atoms with Crippen molar-refractivity contribution in [2.75, 3.05) is 0 Å². The summed E-state index contributed by atoms with van der Waals surface area (Å²) in [7, 11) is 0. The van der Waals surface area contributed by atoms with E-state index in [0.717, 1.165) is 55.3 Å². The monoisotopic (exact) mass is 670 g/mol. The Morgan fingerprint density at radius 2 is 1.14 bits per heavy atom. The number of hydrogen-bond donors (Lipinski definition) is 0. The molecule has 51 heavy (non-hydrogen) atoms. The zero-order chi connectivity index (χ0) is 34.3. The molecule has 0 radical (unpaired) electrons. The zero-order valence-corrected chi connectivity index (χ0v) is 29.1. The quantitative estimate of drug-likeness (QED) is 0.157. The van der Waals surface area contributed by atoms with Crippen molar-refractivity contribution < 1.29 is 4.42 Å². The van der Waals surface area contributed by atoms with Crippen LogP contribution in [0.1, 0.15) is 23.6 Å². The molecular formula is C49H34OS. The normalized spacial score (nSPS) is 11.7. The first-order valence-corrected chi connectivity index (χ1v) is 18.1. The Kier molecular flexibility index (Phi) is 7.87. The lowest BCUT2D eigenvalue weighted by Gasteiger charge is -2.20. The van der Waals surface area contributed by atoms with Gasteiger partial charge in [0.2, 0.25) is 0 Å². The molecule has 0 amide bonds. The first kappa shape index (κ1) is 30.9. The van der Waals surface area contributed by atoms with Crippen molar-refractivity contribution in [3.8, 4) is 22.3 Å². The lowest BCUT2D eigenvalue weighted by molar-refractivity contribution is 0.670. The van der Waals surface area contributed by atoms with E-state index in [2.05, 4.69) is 177 Å². The van der Waals surface area contributed by atoms with Gasteiger partial charge < -0.3 is 4.42 Å². The summed E-state index contributed by atoms with van der Waals surface area (Å²) in [5.74, 6) is 0. The van der Waals surface area contributed by atoms with E-state index in [9.17, 15) is 0 Å². The molecule has 0 N–H and O–H groups in total. The number of allylic oxidation sites excluding steroid dienone is 1. The van der Waals surface area contributed by atoms with Crippen LogP contribution in [0.25, 0.3) is 77.4 Å². The molecule has 1 heterocycles. The van der Waals surface area contributed by atoms with Gasteiger partial charge in [-0.1, -0.05) is 152 Å². The van der Waals surface area contributed by atoms with Gasteiger partial charge in [0.15, 0.2) is 0 Å². The lowest BCUT2D eigenvalue weighted by Crippen LogP contribution is -1.96. The van der Waals surface area contributed by atoms with E-state index < -0.39 is 0 Å². The Morgan fingerprint density at radius 1 is 0.549 bits per heavy atom. The number of hydrogen-bond acceptors (Lipinski definition) is 2. The summed E-state index contributed by atoms with van der Waals surface area (Å²) in [6.45, 7) is 6.81. The highest BCUT2D eigenvalue weighted by Gasteiger charge is 2.22. The fourth-order valence-electron chi connectivity index (χ4n) is 7.49. The number of rotatable bonds is 7. The van der Waals surface area contributed by atoms with Crippen molar-refractivity contribution in [2.24, 2.45) is 0 Å². The zero-order valence-electron chi connectivity index (χ0n) is 28.3. The molecule has 0 aliphatic carbocycles. The van der Waals surface area contributed by atoms with Crippen molar-refractivity contribution in [1.82, 2.24) is 0 Å². The summed E-state index contributed by atoms with van der Waals surface area (Å²) in [5.41, 5.74) is 10.8. The van der Waals surface area contributed by atoms with Gasteiger partial charge in [0.1, 0.15) is 11.2 Å². The van der Waals surface area contributed by atoms with Crippen LogP contribution in [0, 0.1) is 0 Å². The van der Waals surface area contributed by atoms with Crippen LogP contribution < -0.4 is 0 Å². The van der Waals surface area contributed by atoms with Gasteiger partial charge in [0.05, 0.1) is 0 Å². The van der Waals surface area contributed by atoms with Gasteiger partial charge in [-0.2, -0.15) is 0 Å². The van der Waals surface area contributed by atoms with Crippen LogP contribution in [0.5, 0.6) is 0 Å². The second-order valence-corrected chi connectivity index (χ2v) is 14.0. The first-order chi connectivity index (χ1) is 25.2. The highest BCUT2D eigenvalue weighted by molar-refractivity contribution is 7.99. The summed E-state index contributed by atoms with van der Waals surface area (Å²) in [6.07, 6.45) is 4.25. The average molecular weight is 671 g/mol. The standard InChI is InChI=1S/C49H34OS/c1-3-15-34-16-7-8-19-38(34)32(2)47-40-21-9-11-23-42(40)48(43-24-12-10-22-41(43)47)45-31-35(30-44-39-20-13-14-25-46(39)50-49(44)45)33-26-28-37(29-27-33)51-36-17-5-4-6-18-36/h3-31H,2H2,1H3/b15-3-. The summed E-state index contributed by atoms with van der Waals surface area (Å²) in [5, 5.41) is 6.91. The molecule has 2 heteroatoms. The minimum Gasteiger partial charge on any atom is -0.455 e. The average Bonchev–Trinajstić information content (AvgIpc) is 3.56. The Morgan fingerprint density at radius 3 is 1.84 bits per heavy atom. The summed E-state index contributed by atoms with van der Waals surface area (Å²) in [4.78, 5) is 2.44. The number of benzene rings is 8. The van der Waals surface area contributed by atoms with Crippen LogP contribution in [0.3, 0.4) is 0 Å². The number of para-hydroxylation sites is 1. The molecule has 0 aliphatic heterocycles. The van der Waals surface area contributed by atoms with Gasteiger partial charge in [-0.15, -0.1) is 0 Å². The fourth-order valence-corrected chi connectivity index (χ4v) is 8.33. The van der Waals surface area contributed by atoms with Gasteiger partial charge in [0, 0.05) is 31.7 Å². The lowest BCUT2D eigenvalue weighted by atomic mass is 9.83. The number of fused-ring (bicyclic) bond motifs is 5. The van der Waals surface area contributed by atoms with E-state index >= 15 is 0 Å². The van der Waals surface area contributed by atoms with Crippen molar-refractivity contribution >= 4 is 66.9 Å². The molecule has 1 aromatic heterocycles. The maximum absolute atomic E-state index is 6.77. The van der Waals surface area contributed by atoms with Crippen molar-refractivity contribution in [2.45, 2.75) is 16.7 Å². The van der Waals surface area contributed by atoms with Crippen molar-refractivity contribution in [1.29, 1.82) is 0 Å². The van der Waals surface area contributed by atoms with E-state index in [-0.39, 0.29) is 0 Å². The molecule has 0 atom stereocenters. The van der Waals surface area contributed by atoms with Gasteiger partial charge in [-0.05, 0) is 104 Å². The minimum atomic E-state index is 0.889. The molecule has 0 saturated carbocycles. The van der Waals surface area contributed by atoms with Crippen molar-refractivity contribution in [3.05, 3.63) is 193 Å². The van der Waals surface area contributed by atoms with Crippen molar-refractivity contribution in [3.63, 3.8) is 0 Å². The first-order valence-electron chi connectivity index (χ1n) is 17.3. The predicted molar refractivity (Wildman–Crippen MR) is 219 cm³/mol. The molecule has 8 aromatic carbocycles. The molecule has 9 aromatic rings. The van der Waals surface area contributed by atoms with E-state index in [1.165, 1.54) is 42.5 Å². The Hall–Kier alpha value is -6.09. The minimum absolute atomic E-state index is 0.889. The Labute approximate surface area is 302 Å². The van der Waals surface area contributed by atoms with Crippen LogP contribution in [-0.4, -0.2) is 0 Å². The molecule has 0 spiro atoms. The molecule has 1 nitrogen and oxygen atoms in total. The van der Waals surface area contributed by atoms with E-state index in [0.29, 0.717) is 0 Å². The highest BCUT2D eigenvalue weighted by Crippen LogP contribution is 2.47. The highest BCUT2D eigenvalue weighted by atomic mass is 32.2. The van der Waals surface area contributed by atoms with Crippen LogP contribution in [0.4, 0.5) is 0 Å².